The van der Waals surface area contributed by atoms with Gasteiger partial charge in [-0.3, -0.25) is 0 Å². The Hall–Kier alpha value is -1.02. The fraction of sp³-hybridized carbons (Fsp3) is 0.647. The van der Waals surface area contributed by atoms with Gasteiger partial charge >= 0.3 is 0 Å². The van der Waals surface area contributed by atoms with Crippen molar-refractivity contribution in [2.75, 3.05) is 0 Å². The first-order valence-corrected chi connectivity index (χ1v) is 7.60. The van der Waals surface area contributed by atoms with E-state index in [0.717, 1.165) is 24.5 Å². The summed E-state index contributed by atoms with van der Waals surface area (Å²) in [5.41, 5.74) is 7.74. The van der Waals surface area contributed by atoms with Crippen molar-refractivity contribution in [2.24, 2.45) is 11.7 Å². The van der Waals surface area contributed by atoms with Crippen LogP contribution in [0.3, 0.4) is 0 Å². The Bertz CT molecular complexity index is 415. The third kappa shape index (κ3) is 3.30. The second-order valence-corrected chi connectivity index (χ2v) is 6.19. The van der Waals surface area contributed by atoms with E-state index in [1.807, 2.05) is 6.07 Å². The molecule has 0 aliphatic heterocycles. The van der Waals surface area contributed by atoms with Crippen molar-refractivity contribution in [1.82, 2.24) is 0 Å². The smallest absolute Gasteiger partial charge is 0.124 e. The molecule has 2 atom stereocenters. The van der Waals surface area contributed by atoms with Crippen LogP contribution in [0.5, 0.6) is 5.75 Å². The molecule has 0 spiro atoms. The Labute approximate surface area is 117 Å². The SMILES string of the molecule is CCC1CCCC(N)(c2ccccc2OC(C)C)C1. The number of rotatable bonds is 4. The highest BCUT2D eigenvalue weighted by molar-refractivity contribution is 5.39. The Morgan fingerprint density at radius 2 is 2.11 bits per heavy atom. The van der Waals surface area contributed by atoms with Crippen molar-refractivity contribution >= 4 is 0 Å². The lowest BCUT2D eigenvalue weighted by molar-refractivity contribution is 0.199. The second kappa shape index (κ2) is 5.96. The maximum absolute atomic E-state index is 6.74. The van der Waals surface area contributed by atoms with Crippen LogP contribution in [0.4, 0.5) is 0 Å². The molecule has 1 aromatic carbocycles. The predicted molar refractivity (Wildman–Crippen MR) is 80.3 cm³/mol. The van der Waals surface area contributed by atoms with Crippen LogP contribution in [-0.4, -0.2) is 6.10 Å². The van der Waals surface area contributed by atoms with Crippen molar-refractivity contribution < 1.29 is 4.74 Å². The van der Waals surface area contributed by atoms with Gasteiger partial charge in [-0.05, 0) is 38.7 Å². The molecule has 1 aromatic rings. The van der Waals surface area contributed by atoms with E-state index in [2.05, 4.69) is 39.0 Å². The molecule has 2 rings (SSSR count). The van der Waals surface area contributed by atoms with Gasteiger partial charge in [0.1, 0.15) is 5.75 Å². The Balaban J connectivity index is 2.28. The monoisotopic (exact) mass is 261 g/mol. The van der Waals surface area contributed by atoms with Crippen LogP contribution >= 0.6 is 0 Å². The van der Waals surface area contributed by atoms with Crippen LogP contribution in [0.1, 0.15) is 58.4 Å². The third-order valence-electron chi connectivity index (χ3n) is 4.25. The molecule has 0 heterocycles. The number of para-hydroxylation sites is 1. The van der Waals surface area contributed by atoms with Gasteiger partial charge in [-0.15, -0.1) is 0 Å². The summed E-state index contributed by atoms with van der Waals surface area (Å²) < 4.78 is 5.95. The molecule has 0 bridgehead atoms. The number of hydrogen-bond acceptors (Lipinski definition) is 2. The summed E-state index contributed by atoms with van der Waals surface area (Å²) in [6.07, 6.45) is 6.12. The van der Waals surface area contributed by atoms with Gasteiger partial charge in [-0.2, -0.15) is 0 Å². The zero-order valence-corrected chi connectivity index (χ0v) is 12.5. The lowest BCUT2D eigenvalue weighted by Gasteiger charge is -2.39. The third-order valence-corrected chi connectivity index (χ3v) is 4.25. The topological polar surface area (TPSA) is 35.2 Å². The Morgan fingerprint density at radius 1 is 1.37 bits per heavy atom. The van der Waals surface area contributed by atoms with Gasteiger partial charge in [0.2, 0.25) is 0 Å². The van der Waals surface area contributed by atoms with Crippen molar-refractivity contribution in [1.29, 1.82) is 0 Å². The van der Waals surface area contributed by atoms with Gasteiger partial charge in [0, 0.05) is 11.1 Å². The first-order valence-electron chi connectivity index (χ1n) is 7.60. The molecule has 2 heteroatoms. The zero-order chi connectivity index (χ0) is 13.9. The molecule has 0 amide bonds. The highest BCUT2D eigenvalue weighted by atomic mass is 16.5. The van der Waals surface area contributed by atoms with E-state index >= 15 is 0 Å². The van der Waals surface area contributed by atoms with Crippen LogP contribution in [-0.2, 0) is 5.54 Å². The van der Waals surface area contributed by atoms with Crippen molar-refractivity contribution in [3.05, 3.63) is 29.8 Å². The lowest BCUT2D eigenvalue weighted by Crippen LogP contribution is -2.41. The molecule has 1 saturated carbocycles. The van der Waals surface area contributed by atoms with Gasteiger partial charge < -0.3 is 10.5 Å². The van der Waals surface area contributed by atoms with E-state index in [1.54, 1.807) is 0 Å². The minimum Gasteiger partial charge on any atom is -0.491 e. The Morgan fingerprint density at radius 3 is 2.79 bits per heavy atom. The van der Waals surface area contributed by atoms with Gasteiger partial charge in [0.15, 0.2) is 0 Å². The average Bonchev–Trinajstić information content (AvgIpc) is 2.38. The van der Waals surface area contributed by atoms with Gasteiger partial charge in [0.05, 0.1) is 6.10 Å². The minimum atomic E-state index is -0.204. The van der Waals surface area contributed by atoms with E-state index in [-0.39, 0.29) is 11.6 Å². The molecule has 19 heavy (non-hydrogen) atoms. The maximum atomic E-state index is 6.74. The fourth-order valence-electron chi connectivity index (χ4n) is 3.25. The molecule has 106 valence electrons. The molecule has 0 saturated heterocycles. The van der Waals surface area contributed by atoms with E-state index in [4.69, 9.17) is 10.5 Å². The summed E-state index contributed by atoms with van der Waals surface area (Å²) >= 11 is 0. The normalized spacial score (nSPS) is 27.5. The summed E-state index contributed by atoms with van der Waals surface area (Å²) in [7, 11) is 0. The first kappa shape index (κ1) is 14.4. The maximum Gasteiger partial charge on any atom is 0.124 e. The zero-order valence-electron chi connectivity index (χ0n) is 12.5. The van der Waals surface area contributed by atoms with E-state index in [9.17, 15) is 0 Å². The average molecular weight is 261 g/mol. The van der Waals surface area contributed by atoms with Crippen LogP contribution in [0.25, 0.3) is 0 Å². The molecular formula is C17H27NO. The standard InChI is InChI=1S/C17H27NO/c1-4-14-8-7-11-17(18,12-14)15-9-5-6-10-16(15)19-13(2)3/h5-6,9-10,13-14H,4,7-8,11-12,18H2,1-3H3. The van der Waals surface area contributed by atoms with Crippen LogP contribution in [0.2, 0.25) is 0 Å². The highest BCUT2D eigenvalue weighted by Gasteiger charge is 2.35. The number of nitrogens with two attached hydrogens (primary N) is 1. The minimum absolute atomic E-state index is 0.190. The van der Waals surface area contributed by atoms with Gasteiger partial charge in [-0.25, -0.2) is 0 Å². The first-order chi connectivity index (χ1) is 9.05. The Kier molecular flexibility index (Phi) is 4.51. The summed E-state index contributed by atoms with van der Waals surface area (Å²) in [5, 5.41) is 0. The summed E-state index contributed by atoms with van der Waals surface area (Å²) in [5.74, 6) is 1.72. The molecular weight excluding hydrogens is 234 g/mol. The van der Waals surface area contributed by atoms with Gasteiger partial charge in [0.25, 0.3) is 0 Å². The van der Waals surface area contributed by atoms with E-state index in [0.29, 0.717) is 0 Å². The van der Waals surface area contributed by atoms with Crippen LogP contribution < -0.4 is 10.5 Å². The van der Waals surface area contributed by atoms with Gasteiger partial charge in [-0.1, -0.05) is 44.4 Å². The molecule has 0 radical (unpaired) electrons. The lowest BCUT2D eigenvalue weighted by atomic mass is 9.71. The highest BCUT2D eigenvalue weighted by Crippen LogP contribution is 2.42. The predicted octanol–water partition coefficient (Wildman–Crippen LogP) is 4.23. The second-order valence-electron chi connectivity index (χ2n) is 6.19. The number of hydrogen-bond donors (Lipinski definition) is 1. The molecule has 2 N–H and O–H groups in total. The molecule has 2 unspecified atom stereocenters. The van der Waals surface area contributed by atoms with E-state index < -0.39 is 0 Å². The van der Waals surface area contributed by atoms with E-state index in [1.165, 1.54) is 24.8 Å². The summed E-state index contributed by atoms with van der Waals surface area (Å²) in [4.78, 5) is 0. The van der Waals surface area contributed by atoms with Crippen molar-refractivity contribution in [3.63, 3.8) is 0 Å². The molecule has 2 nitrogen and oxygen atoms in total. The number of benzene rings is 1. The largest absolute Gasteiger partial charge is 0.491 e. The van der Waals surface area contributed by atoms with Crippen molar-refractivity contribution in [3.8, 4) is 5.75 Å². The molecule has 0 aromatic heterocycles. The van der Waals surface area contributed by atoms with Crippen LogP contribution in [0, 0.1) is 5.92 Å². The van der Waals surface area contributed by atoms with Crippen molar-refractivity contribution in [2.45, 2.75) is 64.5 Å². The molecule has 1 aliphatic carbocycles. The quantitative estimate of drug-likeness (QED) is 0.880. The summed E-state index contributed by atoms with van der Waals surface area (Å²) in [6.45, 7) is 6.40. The summed E-state index contributed by atoms with van der Waals surface area (Å²) in [6, 6.07) is 8.31. The fourth-order valence-corrected chi connectivity index (χ4v) is 3.25. The van der Waals surface area contributed by atoms with Crippen LogP contribution in [0.15, 0.2) is 24.3 Å². The molecule has 1 aliphatic rings. The number of ether oxygens (including phenoxy) is 1. The molecule has 1 fully saturated rings.